The summed E-state index contributed by atoms with van der Waals surface area (Å²) in [6.07, 6.45) is 10.6. The Balaban J connectivity index is 1.52. The van der Waals surface area contributed by atoms with E-state index in [0.717, 1.165) is 36.0 Å². The molecular formula is C25H22FN7O. The number of rotatable bonds is 4. The van der Waals surface area contributed by atoms with Crippen LogP contribution in [0.15, 0.2) is 67.5 Å². The van der Waals surface area contributed by atoms with Crippen LogP contribution in [0.5, 0.6) is 0 Å². The Labute approximate surface area is 195 Å². The molecule has 1 aliphatic rings. The summed E-state index contributed by atoms with van der Waals surface area (Å²) < 4.78 is 13.5. The van der Waals surface area contributed by atoms with Crippen molar-refractivity contribution in [2.24, 2.45) is 0 Å². The summed E-state index contributed by atoms with van der Waals surface area (Å²) >= 11 is 0. The van der Waals surface area contributed by atoms with Gasteiger partial charge >= 0.3 is 0 Å². The lowest BCUT2D eigenvalue weighted by Crippen LogP contribution is -2.39. The van der Waals surface area contributed by atoms with Gasteiger partial charge in [-0.25, -0.2) is 24.3 Å². The van der Waals surface area contributed by atoms with Crippen LogP contribution in [0.3, 0.4) is 0 Å². The number of nitrogens with zero attached hydrogens (tertiary/aromatic N) is 6. The van der Waals surface area contributed by atoms with Crippen LogP contribution in [0.4, 0.5) is 10.3 Å². The quantitative estimate of drug-likeness (QED) is 0.493. The highest BCUT2D eigenvalue weighted by Gasteiger charge is 2.32. The maximum Gasteiger partial charge on any atom is 0.254 e. The fraction of sp³-hybridized carbons (Fsp3) is 0.200. The fourth-order valence-corrected chi connectivity index (χ4v) is 4.29. The zero-order valence-corrected chi connectivity index (χ0v) is 18.3. The van der Waals surface area contributed by atoms with Crippen LogP contribution in [0.1, 0.15) is 41.4 Å². The average Bonchev–Trinajstić information content (AvgIpc) is 2.89. The van der Waals surface area contributed by atoms with Crippen molar-refractivity contribution in [2.45, 2.75) is 25.3 Å². The molecule has 0 spiro atoms. The molecule has 1 aromatic carbocycles. The predicted molar refractivity (Wildman–Crippen MR) is 125 cm³/mol. The minimum atomic E-state index is -0.326. The molecule has 8 nitrogen and oxygen atoms in total. The third-order valence-electron chi connectivity index (χ3n) is 5.93. The topological polar surface area (TPSA) is 111 Å². The second-order valence-electron chi connectivity index (χ2n) is 8.10. The minimum absolute atomic E-state index is 0.118. The molecule has 1 atom stereocenters. The molecule has 4 aromatic rings. The highest BCUT2D eigenvalue weighted by atomic mass is 19.1. The predicted octanol–water partition coefficient (Wildman–Crippen LogP) is 4.08. The van der Waals surface area contributed by atoms with E-state index in [9.17, 15) is 9.18 Å². The van der Waals surface area contributed by atoms with Crippen molar-refractivity contribution in [3.05, 3.63) is 84.6 Å². The number of aromatic nitrogens is 5. The number of piperidine rings is 1. The molecule has 0 aliphatic carbocycles. The van der Waals surface area contributed by atoms with Crippen LogP contribution >= 0.6 is 0 Å². The van der Waals surface area contributed by atoms with Gasteiger partial charge in [0.1, 0.15) is 12.1 Å². The summed E-state index contributed by atoms with van der Waals surface area (Å²) in [5.41, 5.74) is 9.99. The Morgan fingerprint density at radius 2 is 1.79 bits per heavy atom. The molecule has 34 heavy (non-hydrogen) atoms. The van der Waals surface area contributed by atoms with Crippen molar-refractivity contribution >= 4 is 11.9 Å². The molecule has 0 bridgehead atoms. The van der Waals surface area contributed by atoms with Gasteiger partial charge in [-0.2, -0.15) is 0 Å². The number of benzene rings is 1. The lowest BCUT2D eigenvalue weighted by atomic mass is 9.93. The van der Waals surface area contributed by atoms with Crippen LogP contribution in [-0.4, -0.2) is 42.3 Å². The van der Waals surface area contributed by atoms with Crippen molar-refractivity contribution in [3.8, 4) is 22.4 Å². The maximum atomic E-state index is 13.7. The SMILES string of the molecule is Nc1ncc(-c2ccc(F)cc2)c([C@@H]2CCCCN2C(=O)c2ccnc(-c3cncnc3)c2)n1. The number of halogens is 1. The van der Waals surface area contributed by atoms with Crippen LogP contribution in [0.2, 0.25) is 0 Å². The molecule has 1 aliphatic heterocycles. The van der Waals surface area contributed by atoms with E-state index >= 15 is 0 Å². The molecule has 2 N–H and O–H groups in total. The zero-order chi connectivity index (χ0) is 23.5. The highest BCUT2D eigenvalue weighted by Crippen LogP contribution is 2.37. The summed E-state index contributed by atoms with van der Waals surface area (Å²) in [4.78, 5) is 36.6. The first kappa shape index (κ1) is 21.6. The lowest BCUT2D eigenvalue weighted by molar-refractivity contribution is 0.0607. The maximum absolute atomic E-state index is 13.7. The number of carbonyl (C=O) groups is 1. The van der Waals surface area contributed by atoms with Gasteiger partial charge in [-0.3, -0.25) is 9.78 Å². The van der Waals surface area contributed by atoms with Gasteiger partial charge in [-0.05, 0) is 49.1 Å². The summed E-state index contributed by atoms with van der Waals surface area (Å²) in [6, 6.07) is 9.32. The zero-order valence-electron chi connectivity index (χ0n) is 18.3. The molecule has 1 amide bonds. The first-order valence-corrected chi connectivity index (χ1v) is 11.0. The largest absolute Gasteiger partial charge is 0.368 e. The molecule has 1 saturated heterocycles. The van der Waals surface area contributed by atoms with Crippen molar-refractivity contribution < 1.29 is 9.18 Å². The third-order valence-corrected chi connectivity index (χ3v) is 5.93. The molecule has 1 fully saturated rings. The van der Waals surface area contributed by atoms with Gasteiger partial charge < -0.3 is 10.6 Å². The van der Waals surface area contributed by atoms with Gasteiger partial charge in [0.05, 0.1) is 17.4 Å². The Morgan fingerprint density at radius 3 is 2.59 bits per heavy atom. The number of hydrogen-bond donors (Lipinski definition) is 1. The van der Waals surface area contributed by atoms with E-state index in [1.165, 1.54) is 18.5 Å². The molecular weight excluding hydrogens is 433 g/mol. The molecule has 5 rings (SSSR count). The summed E-state index contributed by atoms with van der Waals surface area (Å²) in [7, 11) is 0. The number of hydrogen-bond acceptors (Lipinski definition) is 7. The monoisotopic (exact) mass is 455 g/mol. The summed E-state index contributed by atoms with van der Waals surface area (Å²) in [6.45, 7) is 0.586. The van der Waals surface area contributed by atoms with E-state index in [2.05, 4.69) is 24.9 Å². The first-order valence-electron chi connectivity index (χ1n) is 11.0. The lowest BCUT2D eigenvalue weighted by Gasteiger charge is -2.36. The summed E-state index contributed by atoms with van der Waals surface area (Å²) in [5, 5.41) is 0. The van der Waals surface area contributed by atoms with Gasteiger partial charge in [0, 0.05) is 48.0 Å². The van der Waals surface area contributed by atoms with Crippen molar-refractivity contribution in [2.75, 3.05) is 12.3 Å². The number of pyridine rings is 1. The molecule has 0 radical (unpaired) electrons. The molecule has 0 unspecified atom stereocenters. The van der Waals surface area contributed by atoms with Gasteiger partial charge in [-0.15, -0.1) is 0 Å². The van der Waals surface area contributed by atoms with Gasteiger partial charge in [0.2, 0.25) is 5.95 Å². The number of likely N-dealkylation sites (tertiary alicyclic amines) is 1. The fourth-order valence-electron chi connectivity index (χ4n) is 4.29. The van der Waals surface area contributed by atoms with E-state index in [4.69, 9.17) is 5.73 Å². The van der Waals surface area contributed by atoms with Crippen molar-refractivity contribution in [1.29, 1.82) is 0 Å². The van der Waals surface area contributed by atoms with Crippen molar-refractivity contribution in [3.63, 3.8) is 0 Å². The minimum Gasteiger partial charge on any atom is -0.368 e. The second-order valence-corrected chi connectivity index (χ2v) is 8.10. The molecule has 4 heterocycles. The Bertz CT molecular complexity index is 1310. The highest BCUT2D eigenvalue weighted by molar-refractivity contribution is 5.95. The van der Waals surface area contributed by atoms with Crippen molar-refractivity contribution in [1.82, 2.24) is 29.8 Å². The van der Waals surface area contributed by atoms with Gasteiger partial charge in [0.15, 0.2) is 0 Å². The van der Waals surface area contributed by atoms with Gasteiger partial charge in [0.25, 0.3) is 5.91 Å². The average molecular weight is 455 g/mol. The van der Waals surface area contributed by atoms with E-state index in [0.29, 0.717) is 23.5 Å². The smallest absolute Gasteiger partial charge is 0.254 e. The summed E-state index contributed by atoms with van der Waals surface area (Å²) in [5.74, 6) is -0.310. The molecule has 9 heteroatoms. The number of nitrogens with two attached hydrogens (primary N) is 1. The number of amides is 1. The van der Waals surface area contributed by atoms with E-state index in [1.807, 2.05) is 4.90 Å². The Kier molecular flexibility index (Phi) is 5.90. The van der Waals surface area contributed by atoms with E-state index in [1.54, 1.807) is 49.1 Å². The molecule has 170 valence electrons. The number of anilines is 1. The van der Waals surface area contributed by atoms with Crippen LogP contribution < -0.4 is 5.73 Å². The first-order chi connectivity index (χ1) is 16.6. The van der Waals surface area contributed by atoms with E-state index < -0.39 is 0 Å². The Hall–Kier alpha value is -4.27. The Morgan fingerprint density at radius 1 is 1.00 bits per heavy atom. The third kappa shape index (κ3) is 4.32. The van der Waals surface area contributed by atoms with Gasteiger partial charge in [-0.1, -0.05) is 12.1 Å². The second kappa shape index (κ2) is 9.30. The number of carbonyl (C=O) groups excluding carboxylic acids is 1. The molecule has 3 aromatic heterocycles. The standard InChI is InChI=1S/C25H22FN7O/c26-19-6-4-16(5-7-19)20-14-31-25(27)32-23(20)22-3-1-2-10-33(22)24(34)17-8-9-30-21(11-17)18-12-28-15-29-13-18/h4-9,11-15,22H,1-3,10H2,(H2,27,31,32)/t22-/m0/s1. The van der Waals surface area contributed by atoms with Crippen LogP contribution in [0.25, 0.3) is 22.4 Å². The molecule has 0 saturated carbocycles. The van der Waals surface area contributed by atoms with Crippen LogP contribution in [0, 0.1) is 5.82 Å². The normalized spacial score (nSPS) is 15.8. The number of nitrogen functional groups attached to an aromatic ring is 1. The van der Waals surface area contributed by atoms with Crippen LogP contribution in [-0.2, 0) is 0 Å². The van der Waals surface area contributed by atoms with E-state index in [-0.39, 0.29) is 23.7 Å².